The molecule has 0 radical (unpaired) electrons. The fraction of sp³-hybridized carbons (Fsp3) is 0.161. The molecule has 6 rings (SSSR count). The van der Waals surface area contributed by atoms with Gasteiger partial charge in [0.2, 0.25) is 6.23 Å². The second kappa shape index (κ2) is 10.8. The lowest BCUT2D eigenvalue weighted by Crippen LogP contribution is -2.33. The van der Waals surface area contributed by atoms with Crippen molar-refractivity contribution in [3.8, 4) is 17.2 Å². The van der Waals surface area contributed by atoms with E-state index >= 15 is 0 Å². The Morgan fingerprint density at radius 2 is 1.72 bits per heavy atom. The molecule has 4 aromatic rings. The van der Waals surface area contributed by atoms with E-state index in [-0.39, 0.29) is 6.04 Å². The van der Waals surface area contributed by atoms with E-state index in [0.29, 0.717) is 29.4 Å². The number of esters is 1. The molecule has 0 fully saturated rings. The summed E-state index contributed by atoms with van der Waals surface area (Å²) in [6.07, 6.45) is 0.254. The minimum Gasteiger partial charge on any atom is -0.494 e. The molecule has 4 aromatic carbocycles. The van der Waals surface area contributed by atoms with Gasteiger partial charge in [0.1, 0.15) is 17.2 Å². The summed E-state index contributed by atoms with van der Waals surface area (Å²) >= 11 is 9.74. The number of hydrazone groups is 1. The van der Waals surface area contributed by atoms with E-state index in [2.05, 4.69) is 15.9 Å². The first-order chi connectivity index (χ1) is 19.0. The highest BCUT2D eigenvalue weighted by molar-refractivity contribution is 9.10. The van der Waals surface area contributed by atoms with Gasteiger partial charge in [-0.05, 0) is 103 Å². The van der Waals surface area contributed by atoms with E-state index < -0.39 is 12.2 Å². The lowest BCUT2D eigenvalue weighted by atomic mass is 9.96. The zero-order valence-electron chi connectivity index (χ0n) is 21.0. The van der Waals surface area contributed by atoms with Crippen molar-refractivity contribution in [2.24, 2.45) is 5.10 Å². The number of carbonyl (C=O) groups excluding carboxylic acids is 1. The van der Waals surface area contributed by atoms with E-state index in [0.717, 1.165) is 38.4 Å². The van der Waals surface area contributed by atoms with Gasteiger partial charge < -0.3 is 14.2 Å². The van der Waals surface area contributed by atoms with E-state index in [1.807, 2.05) is 66.5 Å². The third kappa shape index (κ3) is 5.24. The van der Waals surface area contributed by atoms with Crippen LogP contribution in [0.3, 0.4) is 0 Å². The van der Waals surface area contributed by atoms with Gasteiger partial charge in [-0.2, -0.15) is 5.10 Å². The molecule has 39 heavy (non-hydrogen) atoms. The standard InChI is InChI=1S/C31H24BrClN2O4/c1-2-37-24-12-5-19(6-13-24)27-18-28-26-17-23(33)11-16-29(26)39-30(35(28)34-27)20-7-14-25(15-8-20)38-31(36)21-3-9-22(32)10-4-21/h3-17,28,30H,2,18H2,1H3/t28-,30-/m1/s1. The number of carbonyl (C=O) groups is 1. The summed E-state index contributed by atoms with van der Waals surface area (Å²) in [6.45, 7) is 2.59. The van der Waals surface area contributed by atoms with E-state index in [9.17, 15) is 4.79 Å². The number of halogens is 2. The Hall–Kier alpha value is -3.81. The van der Waals surface area contributed by atoms with Crippen LogP contribution in [0.25, 0.3) is 0 Å². The molecule has 0 aliphatic carbocycles. The smallest absolute Gasteiger partial charge is 0.343 e. The van der Waals surface area contributed by atoms with Crippen LogP contribution in [0, 0.1) is 0 Å². The summed E-state index contributed by atoms with van der Waals surface area (Å²) in [5.41, 5.74) is 4.36. The molecule has 0 saturated carbocycles. The number of ether oxygens (including phenoxy) is 3. The maximum atomic E-state index is 12.5. The average Bonchev–Trinajstić information content (AvgIpc) is 3.40. The van der Waals surface area contributed by atoms with Gasteiger partial charge in [0.25, 0.3) is 0 Å². The number of hydrogen-bond acceptors (Lipinski definition) is 6. The number of hydrogen-bond donors (Lipinski definition) is 0. The minimum atomic E-state index is -0.458. The van der Waals surface area contributed by atoms with E-state index in [4.69, 9.17) is 30.9 Å². The lowest BCUT2D eigenvalue weighted by Gasteiger charge is -2.38. The first kappa shape index (κ1) is 25.5. The van der Waals surface area contributed by atoms with E-state index in [1.54, 1.807) is 36.4 Å². The van der Waals surface area contributed by atoms with Gasteiger partial charge in [0, 0.05) is 27.0 Å². The molecule has 6 nitrogen and oxygen atoms in total. The van der Waals surface area contributed by atoms with Crippen molar-refractivity contribution in [1.29, 1.82) is 0 Å². The highest BCUT2D eigenvalue weighted by atomic mass is 79.9. The van der Waals surface area contributed by atoms with E-state index in [1.165, 1.54) is 0 Å². The quantitative estimate of drug-likeness (QED) is 0.165. The van der Waals surface area contributed by atoms with Crippen LogP contribution in [0.1, 0.15) is 52.7 Å². The zero-order valence-corrected chi connectivity index (χ0v) is 23.4. The summed E-state index contributed by atoms with van der Waals surface area (Å²) in [5.74, 6) is 1.64. The Morgan fingerprint density at radius 3 is 2.44 bits per heavy atom. The topological polar surface area (TPSA) is 60.4 Å². The maximum Gasteiger partial charge on any atom is 0.343 e. The number of nitrogens with zero attached hydrogens (tertiary/aromatic N) is 2. The molecular formula is C31H24BrClN2O4. The summed E-state index contributed by atoms with van der Waals surface area (Å²) in [5, 5.41) is 7.66. The predicted molar refractivity (Wildman–Crippen MR) is 154 cm³/mol. The monoisotopic (exact) mass is 602 g/mol. The lowest BCUT2D eigenvalue weighted by molar-refractivity contribution is -0.0190. The summed E-state index contributed by atoms with van der Waals surface area (Å²) in [4.78, 5) is 12.5. The van der Waals surface area contributed by atoms with Gasteiger partial charge in [-0.15, -0.1) is 0 Å². The third-order valence-electron chi connectivity index (χ3n) is 6.71. The number of benzene rings is 4. The molecule has 0 aromatic heterocycles. The van der Waals surface area contributed by atoms with Crippen molar-refractivity contribution in [2.45, 2.75) is 25.6 Å². The van der Waals surface area contributed by atoms with Gasteiger partial charge in [-0.3, -0.25) is 0 Å². The molecular weight excluding hydrogens is 580 g/mol. The van der Waals surface area contributed by atoms with Gasteiger partial charge in [-0.25, -0.2) is 9.80 Å². The summed E-state index contributed by atoms with van der Waals surface area (Å²) in [6, 6.07) is 28.0. The third-order valence-corrected chi connectivity index (χ3v) is 7.47. The SMILES string of the molecule is CCOc1ccc(C2=NN3[C@H](C2)c2cc(Cl)ccc2O[C@@H]3c2ccc(OC(=O)c3ccc(Br)cc3)cc2)cc1. The van der Waals surface area contributed by atoms with Gasteiger partial charge in [0.15, 0.2) is 0 Å². The molecule has 2 aliphatic rings. The van der Waals surface area contributed by atoms with Crippen LogP contribution in [0.5, 0.6) is 17.2 Å². The van der Waals surface area contributed by atoms with Crippen molar-refractivity contribution in [3.63, 3.8) is 0 Å². The Balaban J connectivity index is 1.28. The minimum absolute atomic E-state index is 0.0334. The van der Waals surface area contributed by atoms with Crippen LogP contribution in [-0.4, -0.2) is 23.3 Å². The van der Waals surface area contributed by atoms with Crippen molar-refractivity contribution >= 4 is 39.2 Å². The molecule has 8 heteroatoms. The Kier molecular flexibility index (Phi) is 7.02. The van der Waals surface area contributed by atoms with Crippen LogP contribution in [0.4, 0.5) is 0 Å². The fourth-order valence-corrected chi connectivity index (χ4v) is 5.26. The van der Waals surface area contributed by atoms with Crippen LogP contribution >= 0.6 is 27.5 Å². The van der Waals surface area contributed by atoms with Crippen LogP contribution in [0.15, 0.2) is 101 Å². The molecule has 0 saturated heterocycles. The first-order valence-electron chi connectivity index (χ1n) is 12.6. The second-order valence-electron chi connectivity index (χ2n) is 9.22. The zero-order chi connectivity index (χ0) is 26.9. The molecule has 0 spiro atoms. The highest BCUT2D eigenvalue weighted by Crippen LogP contribution is 2.48. The number of fused-ring (bicyclic) bond motifs is 3. The molecule has 0 bridgehead atoms. The molecule has 0 unspecified atom stereocenters. The van der Waals surface area contributed by atoms with Gasteiger partial charge in [0.05, 0.1) is 23.9 Å². The molecule has 2 heterocycles. The molecule has 0 amide bonds. The van der Waals surface area contributed by atoms with Crippen molar-refractivity contribution in [1.82, 2.24) is 5.01 Å². The predicted octanol–water partition coefficient (Wildman–Crippen LogP) is 7.96. The van der Waals surface area contributed by atoms with Gasteiger partial charge >= 0.3 is 5.97 Å². The van der Waals surface area contributed by atoms with Crippen molar-refractivity contribution in [3.05, 3.63) is 123 Å². The summed E-state index contributed by atoms with van der Waals surface area (Å²) in [7, 11) is 0. The Labute approximate surface area is 239 Å². The normalized spacial score (nSPS) is 17.5. The highest BCUT2D eigenvalue weighted by Gasteiger charge is 2.41. The van der Waals surface area contributed by atoms with Crippen LogP contribution in [0.2, 0.25) is 5.02 Å². The number of rotatable bonds is 6. The summed E-state index contributed by atoms with van der Waals surface area (Å²) < 4.78 is 18.5. The Morgan fingerprint density at radius 1 is 1.00 bits per heavy atom. The fourth-order valence-electron chi connectivity index (χ4n) is 4.82. The Bertz CT molecular complexity index is 1540. The van der Waals surface area contributed by atoms with Crippen molar-refractivity contribution < 1.29 is 19.0 Å². The molecule has 2 aliphatic heterocycles. The second-order valence-corrected chi connectivity index (χ2v) is 10.6. The van der Waals surface area contributed by atoms with Crippen LogP contribution < -0.4 is 14.2 Å². The first-order valence-corrected chi connectivity index (χ1v) is 13.8. The molecule has 196 valence electrons. The molecule has 2 atom stereocenters. The largest absolute Gasteiger partial charge is 0.494 e. The van der Waals surface area contributed by atoms with Crippen LogP contribution in [-0.2, 0) is 0 Å². The van der Waals surface area contributed by atoms with Gasteiger partial charge in [-0.1, -0.05) is 27.5 Å². The average molecular weight is 604 g/mol. The van der Waals surface area contributed by atoms with Crippen molar-refractivity contribution in [2.75, 3.05) is 6.61 Å². The molecule has 0 N–H and O–H groups in total. The maximum absolute atomic E-state index is 12.5.